The second-order valence-corrected chi connectivity index (χ2v) is 5.42. The lowest BCUT2D eigenvalue weighted by atomic mass is 10.2. The third kappa shape index (κ3) is 2.17. The van der Waals surface area contributed by atoms with Crippen molar-refractivity contribution in [2.75, 3.05) is 0 Å². The van der Waals surface area contributed by atoms with Gasteiger partial charge in [-0.15, -0.1) is 0 Å². The summed E-state index contributed by atoms with van der Waals surface area (Å²) in [5.41, 5.74) is 1.63. The van der Waals surface area contributed by atoms with Crippen molar-refractivity contribution in [3.63, 3.8) is 0 Å². The minimum atomic E-state index is -1.49. The summed E-state index contributed by atoms with van der Waals surface area (Å²) in [6.45, 7) is 4.05. The molecule has 1 aromatic carbocycles. The Hall–Kier alpha value is -0.603. The number of rotatable bonds is 2. The minimum Gasteiger partial charge on any atom is -0.434 e. The van der Waals surface area contributed by atoms with Gasteiger partial charge in [0.25, 0.3) is 0 Å². The Morgan fingerprint density at radius 3 is 2.27 bits per heavy atom. The third-order valence-electron chi connectivity index (χ3n) is 2.05. The van der Waals surface area contributed by atoms with E-state index >= 15 is 0 Å². The largest absolute Gasteiger partial charge is 0.434 e. The van der Waals surface area contributed by atoms with E-state index in [4.69, 9.17) is 0 Å². The van der Waals surface area contributed by atoms with Crippen molar-refractivity contribution in [1.29, 1.82) is 0 Å². The van der Waals surface area contributed by atoms with Crippen LogP contribution < -0.4 is 0 Å². The maximum atomic E-state index is 9.41. The standard InChI is InChI=1S/C9H14OSi/c1-8(11(2)10)9-6-4-3-5-7-9/h3-8,10-11H,1-2H3. The summed E-state index contributed by atoms with van der Waals surface area (Å²) in [4.78, 5) is 9.41. The van der Waals surface area contributed by atoms with Crippen LogP contribution in [-0.4, -0.2) is 13.8 Å². The first-order valence-corrected chi connectivity index (χ1v) is 6.28. The summed E-state index contributed by atoms with van der Waals surface area (Å²) in [5, 5.41) is 0. The van der Waals surface area contributed by atoms with Gasteiger partial charge in [-0.05, 0) is 17.7 Å². The topological polar surface area (TPSA) is 20.2 Å². The van der Waals surface area contributed by atoms with Gasteiger partial charge < -0.3 is 4.80 Å². The molecule has 0 amide bonds. The van der Waals surface area contributed by atoms with Gasteiger partial charge in [-0.2, -0.15) is 0 Å². The van der Waals surface area contributed by atoms with Crippen molar-refractivity contribution in [2.45, 2.75) is 19.0 Å². The molecule has 0 bridgehead atoms. The van der Waals surface area contributed by atoms with E-state index < -0.39 is 9.04 Å². The first kappa shape index (κ1) is 8.49. The van der Waals surface area contributed by atoms with Gasteiger partial charge in [-0.3, -0.25) is 0 Å². The number of hydrogen-bond donors (Lipinski definition) is 1. The Bertz CT molecular complexity index is 208. The molecule has 0 aliphatic carbocycles. The molecule has 0 fully saturated rings. The predicted octanol–water partition coefficient (Wildman–Crippen LogP) is 1.68. The number of benzene rings is 1. The number of hydrogen-bond acceptors (Lipinski definition) is 1. The molecule has 2 atom stereocenters. The van der Waals surface area contributed by atoms with E-state index in [0.717, 1.165) is 0 Å². The van der Waals surface area contributed by atoms with Crippen molar-refractivity contribution >= 4 is 9.04 Å². The smallest absolute Gasteiger partial charge is 0.176 e. The van der Waals surface area contributed by atoms with Crippen molar-refractivity contribution < 1.29 is 4.80 Å². The molecule has 11 heavy (non-hydrogen) atoms. The molecular weight excluding hydrogens is 152 g/mol. The highest BCUT2D eigenvalue weighted by atomic mass is 28.3. The van der Waals surface area contributed by atoms with Crippen LogP contribution in [0.5, 0.6) is 0 Å². The van der Waals surface area contributed by atoms with Gasteiger partial charge in [0.05, 0.1) is 0 Å². The van der Waals surface area contributed by atoms with E-state index in [2.05, 4.69) is 19.1 Å². The first-order chi connectivity index (χ1) is 5.22. The van der Waals surface area contributed by atoms with Crippen LogP contribution in [0.25, 0.3) is 0 Å². The van der Waals surface area contributed by atoms with E-state index in [-0.39, 0.29) is 0 Å². The molecule has 2 unspecified atom stereocenters. The average molecular weight is 166 g/mol. The molecule has 1 rings (SSSR count). The van der Waals surface area contributed by atoms with E-state index in [9.17, 15) is 4.80 Å². The first-order valence-electron chi connectivity index (χ1n) is 3.95. The maximum absolute atomic E-state index is 9.41. The lowest BCUT2D eigenvalue weighted by Crippen LogP contribution is -2.16. The summed E-state index contributed by atoms with van der Waals surface area (Å²) in [7, 11) is -1.49. The van der Waals surface area contributed by atoms with Crippen LogP contribution in [0.1, 0.15) is 18.0 Å². The molecule has 1 nitrogen and oxygen atoms in total. The zero-order valence-corrected chi connectivity index (χ0v) is 8.14. The van der Waals surface area contributed by atoms with Crippen LogP contribution in [0.3, 0.4) is 0 Å². The monoisotopic (exact) mass is 166 g/mol. The van der Waals surface area contributed by atoms with Crippen LogP contribution in [0.15, 0.2) is 30.3 Å². The summed E-state index contributed by atoms with van der Waals surface area (Å²) in [5.74, 6) is 0. The van der Waals surface area contributed by atoms with Gasteiger partial charge in [-0.25, -0.2) is 0 Å². The molecule has 0 aromatic heterocycles. The molecule has 60 valence electrons. The Morgan fingerprint density at radius 2 is 1.82 bits per heavy atom. The Morgan fingerprint density at radius 1 is 1.27 bits per heavy atom. The Balaban J connectivity index is 2.77. The van der Waals surface area contributed by atoms with Crippen molar-refractivity contribution in [1.82, 2.24) is 0 Å². The lowest BCUT2D eigenvalue weighted by Gasteiger charge is -2.12. The fraction of sp³-hybridized carbons (Fsp3) is 0.333. The minimum absolute atomic E-state index is 0.371. The van der Waals surface area contributed by atoms with Crippen LogP contribution in [0.4, 0.5) is 0 Å². The van der Waals surface area contributed by atoms with Gasteiger partial charge in [-0.1, -0.05) is 37.3 Å². The van der Waals surface area contributed by atoms with Gasteiger partial charge in [0.1, 0.15) is 0 Å². The van der Waals surface area contributed by atoms with Crippen LogP contribution in [0.2, 0.25) is 6.55 Å². The summed E-state index contributed by atoms with van der Waals surface area (Å²) >= 11 is 0. The quantitative estimate of drug-likeness (QED) is 0.663. The van der Waals surface area contributed by atoms with Crippen LogP contribution in [0, 0.1) is 0 Å². The summed E-state index contributed by atoms with van der Waals surface area (Å²) in [6, 6.07) is 10.2. The van der Waals surface area contributed by atoms with E-state index in [1.807, 2.05) is 24.7 Å². The molecule has 0 heterocycles. The molecule has 2 heteroatoms. The van der Waals surface area contributed by atoms with Gasteiger partial charge >= 0.3 is 0 Å². The Kier molecular flexibility index (Phi) is 2.85. The Labute approximate surface area is 69.4 Å². The third-order valence-corrected chi connectivity index (χ3v) is 3.88. The van der Waals surface area contributed by atoms with Gasteiger partial charge in [0.2, 0.25) is 0 Å². The second-order valence-electron chi connectivity index (χ2n) is 2.94. The molecule has 0 spiro atoms. The highest BCUT2D eigenvalue weighted by molar-refractivity contribution is 6.50. The molecule has 0 saturated carbocycles. The van der Waals surface area contributed by atoms with Crippen molar-refractivity contribution in [3.05, 3.63) is 35.9 Å². The lowest BCUT2D eigenvalue weighted by molar-refractivity contribution is 0.562. The highest BCUT2D eigenvalue weighted by Gasteiger charge is 2.11. The normalized spacial score (nSPS) is 15.9. The maximum Gasteiger partial charge on any atom is 0.176 e. The van der Waals surface area contributed by atoms with Crippen LogP contribution >= 0.6 is 0 Å². The zero-order chi connectivity index (χ0) is 8.27. The van der Waals surface area contributed by atoms with E-state index in [1.165, 1.54) is 5.56 Å². The van der Waals surface area contributed by atoms with Gasteiger partial charge in [0.15, 0.2) is 9.04 Å². The average Bonchev–Trinajstić information content (AvgIpc) is 2.05. The van der Waals surface area contributed by atoms with E-state index in [0.29, 0.717) is 5.54 Å². The molecule has 0 aliphatic rings. The molecule has 1 N–H and O–H groups in total. The molecule has 0 aliphatic heterocycles. The van der Waals surface area contributed by atoms with Crippen molar-refractivity contribution in [2.24, 2.45) is 0 Å². The van der Waals surface area contributed by atoms with Gasteiger partial charge in [0, 0.05) is 0 Å². The fourth-order valence-corrected chi connectivity index (χ4v) is 1.81. The molecular formula is C9H14OSi. The predicted molar refractivity (Wildman–Crippen MR) is 50.1 cm³/mol. The second kappa shape index (κ2) is 3.69. The zero-order valence-electron chi connectivity index (χ0n) is 6.99. The van der Waals surface area contributed by atoms with E-state index in [1.54, 1.807) is 0 Å². The van der Waals surface area contributed by atoms with Crippen molar-refractivity contribution in [3.8, 4) is 0 Å². The molecule has 1 aromatic rings. The SMILES string of the molecule is CC(c1ccccc1)[SiH](C)O. The van der Waals surface area contributed by atoms with Crippen LogP contribution in [-0.2, 0) is 0 Å². The molecule has 0 saturated heterocycles. The highest BCUT2D eigenvalue weighted by Crippen LogP contribution is 2.15. The fourth-order valence-electron chi connectivity index (χ4n) is 1.04. The summed E-state index contributed by atoms with van der Waals surface area (Å²) < 4.78 is 0. The molecule has 0 radical (unpaired) electrons. The summed E-state index contributed by atoms with van der Waals surface area (Å²) in [6.07, 6.45) is 0.